The van der Waals surface area contributed by atoms with Crippen LogP contribution < -0.4 is 4.90 Å². The van der Waals surface area contributed by atoms with Crippen LogP contribution in [-0.2, 0) is 11.3 Å². The Hall–Kier alpha value is -2.36. The molecule has 1 aromatic carbocycles. The van der Waals surface area contributed by atoms with Gasteiger partial charge in [0.1, 0.15) is 6.54 Å². The summed E-state index contributed by atoms with van der Waals surface area (Å²) < 4.78 is 1.65. The number of carbonyl (C=O) groups excluding carboxylic acids is 2. The van der Waals surface area contributed by atoms with Crippen LogP contribution in [0.5, 0.6) is 0 Å². The molecule has 4 nitrogen and oxygen atoms in total. The molecule has 0 aliphatic carbocycles. The van der Waals surface area contributed by atoms with E-state index in [4.69, 9.17) is 0 Å². The number of carbonyl (C=O) groups is 2. The van der Waals surface area contributed by atoms with Crippen molar-refractivity contribution in [1.29, 1.82) is 0 Å². The quantitative estimate of drug-likeness (QED) is 0.771. The Labute approximate surface area is 112 Å². The molecule has 1 aromatic heterocycles. The molecular weight excluding hydrogens is 240 g/mol. The second-order valence-corrected chi connectivity index (χ2v) is 4.15. The predicted octanol–water partition coefficient (Wildman–Crippen LogP) is 2.35. The largest absolute Gasteiger partial charge is 0.336 e. The highest BCUT2D eigenvalue weighted by molar-refractivity contribution is 5.93. The van der Waals surface area contributed by atoms with Crippen molar-refractivity contribution in [2.45, 2.75) is 13.5 Å². The lowest BCUT2D eigenvalue weighted by Crippen LogP contribution is -2.33. The van der Waals surface area contributed by atoms with Gasteiger partial charge in [-0.2, -0.15) is 0 Å². The van der Waals surface area contributed by atoms with Gasteiger partial charge in [0.25, 0.3) is 0 Å². The molecule has 0 bridgehead atoms. The Bertz CT molecular complexity index is 561. The average Bonchev–Trinajstić information content (AvgIpc) is 2.88. The summed E-state index contributed by atoms with van der Waals surface area (Å²) in [5, 5.41) is 0. The van der Waals surface area contributed by atoms with E-state index in [1.807, 2.05) is 37.3 Å². The van der Waals surface area contributed by atoms with E-state index in [9.17, 15) is 9.59 Å². The molecule has 0 saturated carbocycles. The number of hydrogen-bond donors (Lipinski definition) is 0. The molecule has 19 heavy (non-hydrogen) atoms. The van der Waals surface area contributed by atoms with Gasteiger partial charge < -0.3 is 9.47 Å². The van der Waals surface area contributed by atoms with Gasteiger partial charge >= 0.3 is 0 Å². The van der Waals surface area contributed by atoms with Crippen molar-refractivity contribution in [3.05, 3.63) is 54.4 Å². The Kier molecular flexibility index (Phi) is 4.13. The normalized spacial score (nSPS) is 10.2. The second-order valence-electron chi connectivity index (χ2n) is 4.15. The number of benzene rings is 1. The zero-order valence-corrected chi connectivity index (χ0v) is 10.8. The number of likely N-dealkylation sites (N-methyl/N-ethyl adjacent to an activating group) is 1. The highest BCUT2D eigenvalue weighted by Gasteiger charge is 2.14. The third-order valence-corrected chi connectivity index (χ3v) is 2.98. The third-order valence-electron chi connectivity index (χ3n) is 2.98. The molecule has 0 fully saturated rings. The maximum Gasteiger partial charge on any atom is 0.246 e. The highest BCUT2D eigenvalue weighted by Crippen LogP contribution is 2.14. The van der Waals surface area contributed by atoms with Gasteiger partial charge in [-0.3, -0.25) is 9.59 Å². The van der Waals surface area contributed by atoms with Crippen LogP contribution >= 0.6 is 0 Å². The van der Waals surface area contributed by atoms with Gasteiger partial charge in [-0.05, 0) is 31.2 Å². The molecule has 0 unspecified atom stereocenters. The van der Waals surface area contributed by atoms with Gasteiger partial charge in [0.15, 0.2) is 6.29 Å². The smallest absolute Gasteiger partial charge is 0.246 e. The average molecular weight is 256 g/mol. The minimum atomic E-state index is -0.0343. The summed E-state index contributed by atoms with van der Waals surface area (Å²) in [6, 6.07) is 13.0. The van der Waals surface area contributed by atoms with Crippen molar-refractivity contribution in [2.24, 2.45) is 0 Å². The van der Waals surface area contributed by atoms with Crippen LogP contribution in [-0.4, -0.2) is 23.3 Å². The van der Waals surface area contributed by atoms with Crippen molar-refractivity contribution >= 4 is 17.9 Å². The molecule has 0 aliphatic rings. The Morgan fingerprint density at radius 3 is 2.58 bits per heavy atom. The number of aldehydes is 1. The minimum absolute atomic E-state index is 0.0343. The van der Waals surface area contributed by atoms with E-state index in [1.54, 1.807) is 27.8 Å². The molecule has 0 atom stereocenters. The standard InChI is InChI=1S/C15H16N2O2/c1-2-17(13-7-4-3-5-8-13)15(19)11-16-10-6-9-14(16)12-18/h3-10,12H,2,11H2,1H3. The summed E-state index contributed by atoms with van der Waals surface area (Å²) in [4.78, 5) is 24.8. The van der Waals surface area contributed by atoms with E-state index in [2.05, 4.69) is 0 Å². The first kappa shape index (κ1) is 13.1. The minimum Gasteiger partial charge on any atom is -0.336 e. The van der Waals surface area contributed by atoms with Gasteiger partial charge in [0, 0.05) is 18.4 Å². The Morgan fingerprint density at radius 2 is 1.95 bits per heavy atom. The van der Waals surface area contributed by atoms with Crippen molar-refractivity contribution in [3.8, 4) is 0 Å². The van der Waals surface area contributed by atoms with E-state index < -0.39 is 0 Å². The molecule has 2 aromatic rings. The zero-order chi connectivity index (χ0) is 13.7. The first-order chi connectivity index (χ1) is 9.26. The lowest BCUT2D eigenvalue weighted by molar-refractivity contribution is -0.119. The van der Waals surface area contributed by atoms with Crippen molar-refractivity contribution in [1.82, 2.24) is 4.57 Å². The third kappa shape index (κ3) is 2.91. The Morgan fingerprint density at radius 1 is 1.21 bits per heavy atom. The Balaban J connectivity index is 2.16. The van der Waals surface area contributed by atoms with E-state index in [0.717, 1.165) is 12.0 Å². The molecule has 98 valence electrons. The van der Waals surface area contributed by atoms with Gasteiger partial charge in [-0.15, -0.1) is 0 Å². The van der Waals surface area contributed by atoms with Crippen LogP contribution in [0.15, 0.2) is 48.7 Å². The van der Waals surface area contributed by atoms with Crippen LogP contribution in [0.1, 0.15) is 17.4 Å². The van der Waals surface area contributed by atoms with Gasteiger partial charge in [-0.1, -0.05) is 18.2 Å². The first-order valence-electron chi connectivity index (χ1n) is 6.22. The molecule has 1 amide bonds. The topological polar surface area (TPSA) is 42.3 Å². The number of amides is 1. The van der Waals surface area contributed by atoms with Gasteiger partial charge in [-0.25, -0.2) is 0 Å². The van der Waals surface area contributed by atoms with Crippen molar-refractivity contribution in [2.75, 3.05) is 11.4 Å². The van der Waals surface area contributed by atoms with Crippen molar-refractivity contribution in [3.63, 3.8) is 0 Å². The molecule has 0 radical (unpaired) electrons. The van der Waals surface area contributed by atoms with Gasteiger partial charge in [0.2, 0.25) is 5.91 Å². The summed E-state index contributed by atoms with van der Waals surface area (Å²) in [6.45, 7) is 2.70. The number of nitrogens with zero attached hydrogens (tertiary/aromatic N) is 2. The summed E-state index contributed by atoms with van der Waals surface area (Å²) in [6.07, 6.45) is 2.49. The molecule has 1 heterocycles. The maximum absolute atomic E-state index is 12.3. The van der Waals surface area contributed by atoms with Crippen LogP contribution in [0.25, 0.3) is 0 Å². The number of anilines is 1. The SMILES string of the molecule is CCN(C(=O)Cn1cccc1C=O)c1ccccc1. The molecule has 2 rings (SSSR count). The maximum atomic E-state index is 12.3. The predicted molar refractivity (Wildman–Crippen MR) is 74.3 cm³/mol. The van der Waals surface area contributed by atoms with E-state index in [-0.39, 0.29) is 12.5 Å². The van der Waals surface area contributed by atoms with E-state index >= 15 is 0 Å². The molecule has 0 N–H and O–H groups in total. The highest BCUT2D eigenvalue weighted by atomic mass is 16.2. The van der Waals surface area contributed by atoms with Crippen LogP contribution in [0, 0.1) is 0 Å². The number of rotatable bonds is 5. The fourth-order valence-electron chi connectivity index (χ4n) is 2.02. The molecule has 4 heteroatoms. The number of para-hydroxylation sites is 1. The lowest BCUT2D eigenvalue weighted by atomic mass is 10.3. The molecule has 0 saturated heterocycles. The van der Waals surface area contributed by atoms with Crippen LogP contribution in [0.2, 0.25) is 0 Å². The molecule has 0 aliphatic heterocycles. The molecule has 0 spiro atoms. The van der Waals surface area contributed by atoms with Crippen LogP contribution in [0.4, 0.5) is 5.69 Å². The summed E-state index contributed by atoms with van der Waals surface area (Å²) in [5.74, 6) is -0.0343. The summed E-state index contributed by atoms with van der Waals surface area (Å²) in [5.41, 5.74) is 1.38. The van der Waals surface area contributed by atoms with E-state index in [0.29, 0.717) is 12.2 Å². The lowest BCUT2D eigenvalue weighted by Gasteiger charge is -2.21. The second kappa shape index (κ2) is 6.00. The van der Waals surface area contributed by atoms with Crippen LogP contribution in [0.3, 0.4) is 0 Å². The number of hydrogen-bond acceptors (Lipinski definition) is 2. The van der Waals surface area contributed by atoms with Crippen molar-refractivity contribution < 1.29 is 9.59 Å². The summed E-state index contributed by atoms with van der Waals surface area (Å²) >= 11 is 0. The van der Waals surface area contributed by atoms with Gasteiger partial charge in [0.05, 0.1) is 5.69 Å². The first-order valence-corrected chi connectivity index (χ1v) is 6.22. The fraction of sp³-hybridized carbons (Fsp3) is 0.200. The molecular formula is C15H16N2O2. The zero-order valence-electron chi connectivity index (χ0n) is 10.8. The number of aromatic nitrogens is 1. The van der Waals surface area contributed by atoms with E-state index in [1.165, 1.54) is 0 Å². The monoisotopic (exact) mass is 256 g/mol. The fourth-order valence-corrected chi connectivity index (χ4v) is 2.02. The summed E-state index contributed by atoms with van der Waals surface area (Å²) in [7, 11) is 0.